The van der Waals surface area contributed by atoms with Crippen molar-refractivity contribution in [3.05, 3.63) is 63.5 Å². The molecule has 0 bridgehead atoms. The second kappa shape index (κ2) is 8.40. The van der Waals surface area contributed by atoms with Crippen LogP contribution in [0.1, 0.15) is 13.8 Å². The number of nitrogens with zero attached hydrogens (tertiary/aromatic N) is 2. The molecule has 7 nitrogen and oxygen atoms in total. The number of thioether (sulfide) groups is 1. The van der Waals surface area contributed by atoms with Gasteiger partial charge in [0.25, 0.3) is 5.56 Å². The Morgan fingerprint density at radius 2 is 1.83 bits per heavy atom. The number of aliphatic hydroxyl groups is 1. The van der Waals surface area contributed by atoms with E-state index in [0.29, 0.717) is 28.1 Å². The number of rotatable bonds is 6. The van der Waals surface area contributed by atoms with Crippen LogP contribution in [0.15, 0.2) is 63.1 Å². The summed E-state index contributed by atoms with van der Waals surface area (Å²) in [4.78, 5) is 30.1. The first-order valence-electron chi connectivity index (χ1n) is 8.70. The van der Waals surface area contributed by atoms with E-state index in [9.17, 15) is 14.7 Å². The number of allylic oxidation sites excluding steroid dienone is 2. The Balaban J connectivity index is 2.39. The maximum atomic E-state index is 13.4. The zero-order valence-corrected chi connectivity index (χ0v) is 17.2. The summed E-state index contributed by atoms with van der Waals surface area (Å²) in [5.41, 5.74) is 0.566. The van der Waals surface area contributed by atoms with Gasteiger partial charge in [0.2, 0.25) is 0 Å². The van der Waals surface area contributed by atoms with E-state index in [1.807, 2.05) is 0 Å². The number of fused-ring (bicyclic) bond motifs is 1. The molecule has 0 aliphatic carbocycles. The van der Waals surface area contributed by atoms with Gasteiger partial charge in [-0.25, -0.2) is 4.98 Å². The smallest absolute Gasteiger partial charge is 0.266 e. The molecular weight excluding hydrogens is 392 g/mol. The van der Waals surface area contributed by atoms with Crippen LogP contribution in [0.2, 0.25) is 0 Å². The van der Waals surface area contributed by atoms with Crippen molar-refractivity contribution in [1.82, 2.24) is 9.55 Å². The fraction of sp³-hybridized carbons (Fsp3) is 0.190. The molecule has 0 atom stereocenters. The maximum Gasteiger partial charge on any atom is 0.266 e. The Morgan fingerprint density at radius 3 is 2.45 bits per heavy atom. The Hall–Kier alpha value is -3.26. The summed E-state index contributed by atoms with van der Waals surface area (Å²) >= 11 is 0.924. The normalized spacial score (nSPS) is 11.9. The molecule has 0 fully saturated rings. The molecule has 0 unspecified atom stereocenters. The van der Waals surface area contributed by atoms with Crippen LogP contribution in [0.5, 0.6) is 11.5 Å². The number of carbonyl (C=O) groups excluding carboxylic acids is 1. The average Bonchev–Trinajstić information content (AvgIpc) is 2.71. The van der Waals surface area contributed by atoms with Crippen LogP contribution < -0.4 is 15.0 Å². The molecule has 8 heteroatoms. The van der Waals surface area contributed by atoms with Crippen molar-refractivity contribution in [2.75, 3.05) is 14.2 Å². The van der Waals surface area contributed by atoms with Gasteiger partial charge in [-0.15, -0.1) is 0 Å². The first kappa shape index (κ1) is 20.5. The first-order chi connectivity index (χ1) is 13.9. The predicted octanol–water partition coefficient (Wildman–Crippen LogP) is 3.87. The molecule has 1 N–H and O–H groups in total. The van der Waals surface area contributed by atoms with Crippen molar-refractivity contribution in [3.63, 3.8) is 0 Å². The lowest BCUT2D eigenvalue weighted by atomic mass is 10.2. The number of ketones is 1. The summed E-state index contributed by atoms with van der Waals surface area (Å²) < 4.78 is 12.1. The number of hydrogen-bond acceptors (Lipinski definition) is 7. The monoisotopic (exact) mass is 412 g/mol. The van der Waals surface area contributed by atoms with Crippen molar-refractivity contribution >= 4 is 28.4 Å². The third-order valence-electron chi connectivity index (χ3n) is 4.21. The SMILES string of the molecule is COc1ccc(OC)c(-n2c(S/C(C(C)=O)=C(/C)O)nc3ccccc3c2=O)c1. The molecule has 0 spiro atoms. The van der Waals surface area contributed by atoms with Crippen LogP contribution in [0.4, 0.5) is 0 Å². The summed E-state index contributed by atoms with van der Waals surface area (Å²) in [5.74, 6) is 0.481. The molecule has 150 valence electrons. The molecule has 2 aromatic carbocycles. The maximum absolute atomic E-state index is 13.4. The largest absolute Gasteiger partial charge is 0.511 e. The van der Waals surface area contributed by atoms with Crippen molar-refractivity contribution < 1.29 is 19.4 Å². The molecule has 0 aliphatic rings. The number of benzene rings is 2. The van der Waals surface area contributed by atoms with Crippen LogP contribution in [-0.4, -0.2) is 34.7 Å². The number of carbonyl (C=O) groups is 1. The van der Waals surface area contributed by atoms with Crippen LogP contribution in [0.25, 0.3) is 16.6 Å². The number of hydrogen-bond donors (Lipinski definition) is 1. The van der Waals surface area contributed by atoms with Crippen LogP contribution >= 0.6 is 11.8 Å². The van der Waals surface area contributed by atoms with Crippen molar-refractivity contribution in [2.45, 2.75) is 19.0 Å². The summed E-state index contributed by atoms with van der Waals surface area (Å²) in [6.07, 6.45) is 0. The minimum Gasteiger partial charge on any atom is -0.511 e. The number of aliphatic hydroxyl groups excluding tert-OH is 1. The standard InChI is InChI=1S/C21H20N2O5S/c1-12(24)19(13(2)25)29-21-22-16-8-6-5-7-15(16)20(26)23(21)17-11-14(27-3)9-10-18(17)28-4/h5-11,24H,1-4H3/b19-12-. The van der Waals surface area contributed by atoms with Gasteiger partial charge in [0, 0.05) is 6.07 Å². The highest BCUT2D eigenvalue weighted by Gasteiger charge is 2.21. The highest BCUT2D eigenvalue weighted by Crippen LogP contribution is 2.33. The number of para-hydroxylation sites is 1. The number of ether oxygens (including phenoxy) is 2. The second-order valence-corrected chi connectivity index (χ2v) is 7.14. The van der Waals surface area contributed by atoms with Crippen molar-refractivity contribution in [3.8, 4) is 17.2 Å². The molecule has 0 saturated heterocycles. The fourth-order valence-corrected chi connectivity index (χ4v) is 3.75. The minimum atomic E-state index is -0.332. The van der Waals surface area contributed by atoms with Gasteiger partial charge in [0.05, 0.1) is 35.7 Å². The van der Waals surface area contributed by atoms with E-state index in [4.69, 9.17) is 9.47 Å². The van der Waals surface area contributed by atoms with E-state index in [1.165, 1.54) is 32.6 Å². The molecular formula is C21H20N2O5S. The van der Waals surface area contributed by atoms with Gasteiger partial charge in [-0.2, -0.15) is 0 Å². The Kier molecular flexibility index (Phi) is 5.93. The molecule has 0 radical (unpaired) electrons. The molecule has 29 heavy (non-hydrogen) atoms. The molecule has 0 amide bonds. The summed E-state index contributed by atoms with van der Waals surface area (Å²) in [6, 6.07) is 12.0. The topological polar surface area (TPSA) is 90.7 Å². The van der Waals surface area contributed by atoms with Gasteiger partial charge in [-0.3, -0.25) is 14.2 Å². The van der Waals surface area contributed by atoms with Crippen molar-refractivity contribution in [2.24, 2.45) is 0 Å². The van der Waals surface area contributed by atoms with Gasteiger partial charge in [0.15, 0.2) is 10.9 Å². The Morgan fingerprint density at radius 1 is 1.10 bits per heavy atom. The van der Waals surface area contributed by atoms with Gasteiger partial charge >= 0.3 is 0 Å². The van der Waals surface area contributed by atoms with E-state index >= 15 is 0 Å². The number of methoxy groups -OCH3 is 2. The zero-order chi connectivity index (χ0) is 21.1. The Bertz CT molecular complexity index is 1180. The third-order valence-corrected chi connectivity index (χ3v) is 5.46. The van der Waals surface area contributed by atoms with Crippen LogP contribution in [-0.2, 0) is 4.79 Å². The molecule has 0 aliphatic heterocycles. The second-order valence-electron chi connectivity index (χ2n) is 6.16. The highest BCUT2D eigenvalue weighted by molar-refractivity contribution is 8.03. The van der Waals surface area contributed by atoms with E-state index < -0.39 is 0 Å². The van der Waals surface area contributed by atoms with Gasteiger partial charge < -0.3 is 14.6 Å². The predicted molar refractivity (Wildman–Crippen MR) is 112 cm³/mol. The summed E-state index contributed by atoms with van der Waals surface area (Å²) in [5, 5.41) is 10.6. The molecule has 3 aromatic rings. The quantitative estimate of drug-likeness (QED) is 0.284. The minimum absolute atomic E-state index is 0.0998. The third kappa shape index (κ3) is 3.97. The van der Waals surface area contributed by atoms with E-state index in [1.54, 1.807) is 42.5 Å². The molecule has 1 aromatic heterocycles. The molecule has 1 heterocycles. The zero-order valence-electron chi connectivity index (χ0n) is 16.4. The Labute approximate surface area is 171 Å². The lowest BCUT2D eigenvalue weighted by Gasteiger charge is -2.17. The van der Waals surface area contributed by atoms with Crippen LogP contribution in [0.3, 0.4) is 0 Å². The van der Waals surface area contributed by atoms with Gasteiger partial charge in [-0.1, -0.05) is 12.1 Å². The fourth-order valence-electron chi connectivity index (χ4n) is 2.86. The molecule has 0 saturated carbocycles. The highest BCUT2D eigenvalue weighted by atomic mass is 32.2. The molecule has 3 rings (SSSR count). The number of Topliss-reactive ketones (excluding diaryl/α,β-unsaturated/α-hetero) is 1. The summed E-state index contributed by atoms with van der Waals surface area (Å²) in [7, 11) is 3.02. The lowest BCUT2D eigenvalue weighted by molar-refractivity contribution is -0.113. The van der Waals surface area contributed by atoms with Gasteiger partial charge in [0.1, 0.15) is 17.3 Å². The lowest BCUT2D eigenvalue weighted by Crippen LogP contribution is -2.22. The summed E-state index contributed by atoms with van der Waals surface area (Å²) in [6.45, 7) is 2.76. The van der Waals surface area contributed by atoms with Gasteiger partial charge in [-0.05, 0) is 49.9 Å². The average molecular weight is 412 g/mol. The van der Waals surface area contributed by atoms with Crippen molar-refractivity contribution in [1.29, 1.82) is 0 Å². The van der Waals surface area contributed by atoms with E-state index in [2.05, 4.69) is 4.98 Å². The van der Waals surface area contributed by atoms with E-state index in [-0.39, 0.29) is 27.2 Å². The van der Waals surface area contributed by atoms with Crippen LogP contribution in [0, 0.1) is 0 Å². The number of aromatic nitrogens is 2. The van der Waals surface area contributed by atoms with E-state index in [0.717, 1.165) is 11.8 Å². The first-order valence-corrected chi connectivity index (χ1v) is 9.51.